The van der Waals surface area contributed by atoms with Gasteiger partial charge in [-0.05, 0) is 18.2 Å². The maximum Gasteiger partial charge on any atom is 0.275 e. The molecule has 0 N–H and O–H groups in total. The fourth-order valence-corrected chi connectivity index (χ4v) is 2.43. The van der Waals surface area contributed by atoms with Crippen molar-refractivity contribution in [1.82, 2.24) is 0 Å². The van der Waals surface area contributed by atoms with Crippen LogP contribution in [-0.4, -0.2) is 16.2 Å². The van der Waals surface area contributed by atoms with Crippen LogP contribution in [0, 0.1) is 11.0 Å². The molecule has 2 aromatic carbocycles. The third-order valence-electron chi connectivity index (χ3n) is 3.05. The molecular weight excluding hydrogens is 304 g/mol. The molecule has 0 unspecified atom stereocenters. The van der Waals surface area contributed by atoms with Gasteiger partial charge in [-0.15, -0.1) is 0 Å². The number of rotatable bonds is 1. The fourth-order valence-electron chi connectivity index (χ4n) is 2.11. The molecule has 1 aliphatic heterocycles. The van der Waals surface area contributed by atoms with Crippen molar-refractivity contribution in [2.24, 2.45) is 0 Å². The smallest absolute Gasteiger partial charge is 0.275 e. The van der Waals surface area contributed by atoms with E-state index in [0.29, 0.717) is 4.74 Å². The first kappa shape index (κ1) is 13.1. The summed E-state index contributed by atoms with van der Waals surface area (Å²) in [5, 5.41) is 12.5. The third-order valence-corrected chi connectivity index (χ3v) is 3.77. The van der Waals surface area contributed by atoms with E-state index in [1.807, 2.05) is 0 Å². The Bertz CT molecular complexity index is 787. The van der Waals surface area contributed by atoms with E-state index in [9.17, 15) is 14.4 Å². The van der Waals surface area contributed by atoms with Crippen LogP contribution in [0.15, 0.2) is 36.4 Å². The monoisotopic (exact) mass is 309 g/mol. The maximum atomic E-state index is 13.8. The van der Waals surface area contributed by atoms with Crippen LogP contribution >= 0.6 is 23.2 Å². The molecule has 1 aliphatic rings. The van der Waals surface area contributed by atoms with Gasteiger partial charge < -0.3 is 5.21 Å². The minimum absolute atomic E-state index is 0.0454. The Kier molecular flexibility index (Phi) is 3.00. The SMILES string of the molecule is O=C1C(c2ccccc2F)=[N+]([O-])c2cc(Cl)c(Cl)cc21. The number of carbonyl (C=O) groups excluding carboxylic acids is 1. The molecule has 6 heteroatoms. The molecule has 20 heavy (non-hydrogen) atoms. The predicted molar refractivity (Wildman–Crippen MR) is 74.6 cm³/mol. The maximum absolute atomic E-state index is 13.8. The van der Waals surface area contributed by atoms with Crippen LogP contribution in [0.4, 0.5) is 10.1 Å². The first-order valence-corrected chi connectivity index (χ1v) is 6.39. The Morgan fingerprint density at radius 1 is 1.05 bits per heavy atom. The summed E-state index contributed by atoms with van der Waals surface area (Å²) in [4.78, 5) is 12.3. The van der Waals surface area contributed by atoms with Gasteiger partial charge in [0.05, 0.1) is 15.6 Å². The van der Waals surface area contributed by atoms with Crippen LogP contribution in [0.2, 0.25) is 10.0 Å². The summed E-state index contributed by atoms with van der Waals surface area (Å²) >= 11 is 11.7. The third kappa shape index (κ3) is 1.80. The highest BCUT2D eigenvalue weighted by molar-refractivity contribution is 6.53. The first-order chi connectivity index (χ1) is 9.50. The van der Waals surface area contributed by atoms with E-state index in [0.717, 1.165) is 0 Å². The van der Waals surface area contributed by atoms with Crippen LogP contribution in [-0.2, 0) is 0 Å². The van der Waals surface area contributed by atoms with Gasteiger partial charge in [0.25, 0.3) is 11.5 Å². The normalized spacial score (nSPS) is 13.8. The average Bonchev–Trinajstić information content (AvgIpc) is 2.64. The van der Waals surface area contributed by atoms with E-state index in [1.54, 1.807) is 6.07 Å². The summed E-state index contributed by atoms with van der Waals surface area (Å²) < 4.78 is 14.2. The Morgan fingerprint density at radius 2 is 1.70 bits per heavy atom. The zero-order chi connectivity index (χ0) is 14.4. The second kappa shape index (κ2) is 4.58. The largest absolute Gasteiger partial charge is 0.618 e. The number of carbonyl (C=O) groups is 1. The van der Waals surface area contributed by atoms with Crippen LogP contribution in [0.5, 0.6) is 0 Å². The Hall–Kier alpha value is -1.91. The molecule has 0 fully saturated rings. The molecule has 0 atom stereocenters. The van der Waals surface area contributed by atoms with E-state index in [2.05, 4.69) is 0 Å². The van der Waals surface area contributed by atoms with Gasteiger partial charge in [-0.3, -0.25) is 4.79 Å². The van der Waals surface area contributed by atoms with Crippen molar-refractivity contribution in [3.05, 3.63) is 68.6 Å². The summed E-state index contributed by atoms with van der Waals surface area (Å²) in [6, 6.07) is 8.22. The van der Waals surface area contributed by atoms with Crippen molar-refractivity contribution in [2.75, 3.05) is 0 Å². The quantitative estimate of drug-likeness (QED) is 0.591. The van der Waals surface area contributed by atoms with Gasteiger partial charge in [0.1, 0.15) is 11.4 Å². The number of hydrogen-bond donors (Lipinski definition) is 0. The Labute approximate surface area is 123 Å². The minimum atomic E-state index is -0.637. The predicted octanol–water partition coefficient (Wildman–Crippen LogP) is 3.96. The van der Waals surface area contributed by atoms with Gasteiger partial charge in [0.2, 0.25) is 5.69 Å². The second-order valence-electron chi connectivity index (χ2n) is 4.24. The van der Waals surface area contributed by atoms with Crippen molar-refractivity contribution in [3.63, 3.8) is 0 Å². The number of halogens is 3. The van der Waals surface area contributed by atoms with Gasteiger partial charge in [-0.2, -0.15) is 4.74 Å². The number of hydrogen-bond acceptors (Lipinski definition) is 2. The van der Waals surface area contributed by atoms with Gasteiger partial charge in [0.15, 0.2) is 0 Å². The molecule has 0 aliphatic carbocycles. The molecule has 0 radical (unpaired) electrons. The van der Waals surface area contributed by atoms with Gasteiger partial charge >= 0.3 is 0 Å². The highest BCUT2D eigenvalue weighted by Crippen LogP contribution is 2.35. The van der Waals surface area contributed by atoms with Crippen molar-refractivity contribution in [3.8, 4) is 0 Å². The Balaban J connectivity index is 2.25. The van der Waals surface area contributed by atoms with Gasteiger partial charge in [0, 0.05) is 6.07 Å². The molecule has 2 aromatic rings. The number of Topliss-reactive ketones (excluding diaryl/α,β-unsaturated/α-hetero) is 1. The van der Waals surface area contributed by atoms with Crippen molar-refractivity contribution < 1.29 is 13.9 Å². The van der Waals surface area contributed by atoms with E-state index < -0.39 is 11.6 Å². The molecule has 0 saturated carbocycles. The Morgan fingerprint density at radius 3 is 2.40 bits per heavy atom. The van der Waals surface area contributed by atoms with Crippen LogP contribution in [0.1, 0.15) is 15.9 Å². The summed E-state index contributed by atoms with van der Waals surface area (Å²) in [5.41, 5.74) is -0.123. The van der Waals surface area contributed by atoms with Crippen molar-refractivity contribution in [2.45, 2.75) is 0 Å². The molecule has 100 valence electrons. The zero-order valence-corrected chi connectivity index (χ0v) is 11.4. The summed E-state index contributed by atoms with van der Waals surface area (Å²) in [6.45, 7) is 0. The molecule has 0 spiro atoms. The standard InChI is InChI=1S/C14H6Cl2FNO2/c15-9-5-8-12(6-10(9)16)18(20)13(14(8)19)7-3-1-2-4-11(7)17/h1-6H. The van der Waals surface area contributed by atoms with Gasteiger partial charge in [-0.25, -0.2) is 4.39 Å². The molecular formula is C14H6Cl2FNO2. The molecule has 0 aromatic heterocycles. The highest BCUT2D eigenvalue weighted by atomic mass is 35.5. The summed E-state index contributed by atoms with van der Waals surface area (Å²) in [5.74, 6) is -1.21. The van der Waals surface area contributed by atoms with Gasteiger partial charge in [-0.1, -0.05) is 35.3 Å². The highest BCUT2D eigenvalue weighted by Gasteiger charge is 2.38. The number of nitrogens with zero attached hydrogens (tertiary/aromatic N) is 1. The van der Waals surface area contributed by atoms with E-state index in [4.69, 9.17) is 23.2 Å². The molecule has 0 bridgehead atoms. The number of ketones is 1. The number of fused-ring (bicyclic) bond motifs is 1. The lowest BCUT2D eigenvalue weighted by Gasteiger charge is -2.03. The average molecular weight is 310 g/mol. The van der Waals surface area contributed by atoms with Crippen LogP contribution < -0.4 is 0 Å². The lowest BCUT2D eigenvalue weighted by molar-refractivity contribution is -0.355. The number of benzene rings is 2. The lowest BCUT2D eigenvalue weighted by atomic mass is 10.0. The first-order valence-electron chi connectivity index (χ1n) is 5.63. The van der Waals surface area contributed by atoms with Crippen LogP contribution in [0.3, 0.4) is 0 Å². The molecule has 3 rings (SSSR count). The van der Waals surface area contributed by atoms with Crippen molar-refractivity contribution >= 4 is 40.4 Å². The molecule has 0 saturated heterocycles. The zero-order valence-electron chi connectivity index (χ0n) is 9.86. The second-order valence-corrected chi connectivity index (χ2v) is 5.05. The molecule has 0 amide bonds. The van der Waals surface area contributed by atoms with E-state index >= 15 is 0 Å². The topological polar surface area (TPSA) is 43.1 Å². The van der Waals surface area contributed by atoms with E-state index in [1.165, 1.54) is 30.3 Å². The van der Waals surface area contributed by atoms with E-state index in [-0.39, 0.29) is 32.6 Å². The summed E-state index contributed by atoms with van der Waals surface area (Å²) in [6.07, 6.45) is 0. The fraction of sp³-hybridized carbons (Fsp3) is 0. The molecule has 1 heterocycles. The van der Waals surface area contributed by atoms with Crippen LogP contribution in [0.25, 0.3) is 0 Å². The lowest BCUT2D eigenvalue weighted by Crippen LogP contribution is -2.18. The van der Waals surface area contributed by atoms with Crippen molar-refractivity contribution in [1.29, 1.82) is 0 Å². The summed E-state index contributed by atoms with van der Waals surface area (Å²) in [7, 11) is 0. The minimum Gasteiger partial charge on any atom is -0.618 e. The molecule has 3 nitrogen and oxygen atoms in total.